The number of methoxy groups -OCH3 is 2. The number of ether oxygens (including phenoxy) is 2. The van der Waals surface area contributed by atoms with Crippen molar-refractivity contribution in [2.24, 2.45) is 0 Å². The monoisotopic (exact) mass is 294 g/mol. The van der Waals surface area contributed by atoms with Gasteiger partial charge in [0.05, 0.1) is 38.2 Å². The van der Waals surface area contributed by atoms with Crippen molar-refractivity contribution in [3.05, 3.63) is 66.1 Å². The van der Waals surface area contributed by atoms with E-state index < -0.39 is 0 Å². The van der Waals surface area contributed by atoms with Crippen molar-refractivity contribution in [3.63, 3.8) is 0 Å². The van der Waals surface area contributed by atoms with Crippen LogP contribution >= 0.6 is 0 Å². The van der Waals surface area contributed by atoms with E-state index in [-0.39, 0.29) is 0 Å². The molecule has 0 radical (unpaired) electrons. The topological polar surface area (TPSA) is 36.3 Å². The normalized spacial score (nSPS) is 11.2. The smallest absolute Gasteiger partial charge is 0.118 e. The molecule has 3 rings (SSSR count). The first-order chi connectivity index (χ1) is 10.8. The van der Waals surface area contributed by atoms with Gasteiger partial charge >= 0.3 is 0 Å². The van der Waals surface area contributed by atoms with Gasteiger partial charge in [-0.05, 0) is 23.8 Å². The molecule has 0 aliphatic heterocycles. The van der Waals surface area contributed by atoms with Crippen LogP contribution < -0.4 is 4.74 Å². The summed E-state index contributed by atoms with van der Waals surface area (Å²) < 4.78 is 12.2. The number of para-hydroxylation sites is 1. The van der Waals surface area contributed by atoms with Crippen molar-refractivity contribution < 1.29 is 9.47 Å². The summed E-state index contributed by atoms with van der Waals surface area (Å²) in [4.78, 5) is 0. The van der Waals surface area contributed by atoms with Gasteiger partial charge in [-0.2, -0.15) is 5.10 Å². The fourth-order valence-electron chi connectivity index (χ4n) is 2.43. The van der Waals surface area contributed by atoms with Gasteiger partial charge in [0.2, 0.25) is 0 Å². The van der Waals surface area contributed by atoms with Crippen molar-refractivity contribution in [2.75, 3.05) is 14.2 Å². The van der Waals surface area contributed by atoms with E-state index >= 15 is 0 Å². The summed E-state index contributed by atoms with van der Waals surface area (Å²) in [5.74, 6) is 0.859. The molecule has 0 fully saturated rings. The summed E-state index contributed by atoms with van der Waals surface area (Å²) in [6.45, 7) is 0.714. The maximum Gasteiger partial charge on any atom is 0.118 e. The number of aromatic nitrogens is 2. The fraction of sp³-hybridized carbons (Fsp3) is 0.167. The molecule has 22 heavy (non-hydrogen) atoms. The van der Waals surface area contributed by atoms with Crippen LogP contribution in [0.3, 0.4) is 0 Å². The molecule has 0 unspecified atom stereocenters. The predicted octanol–water partition coefficient (Wildman–Crippen LogP) is 3.71. The van der Waals surface area contributed by atoms with E-state index in [1.165, 1.54) is 5.56 Å². The molecule has 1 heterocycles. The summed E-state index contributed by atoms with van der Waals surface area (Å²) in [6.07, 6.45) is 3.53. The van der Waals surface area contributed by atoms with Gasteiger partial charge < -0.3 is 9.47 Å². The van der Waals surface area contributed by atoms with Gasteiger partial charge in [-0.25, -0.2) is 0 Å². The number of benzene rings is 2. The van der Waals surface area contributed by atoms with Crippen LogP contribution in [0.25, 0.3) is 17.0 Å². The number of rotatable bonds is 5. The molecular weight excluding hydrogens is 276 g/mol. The summed E-state index contributed by atoms with van der Waals surface area (Å²) in [6, 6.07) is 16.2. The summed E-state index contributed by atoms with van der Waals surface area (Å²) in [5.41, 5.74) is 3.19. The second-order valence-electron chi connectivity index (χ2n) is 4.95. The maximum atomic E-state index is 5.19. The predicted molar refractivity (Wildman–Crippen MR) is 87.9 cm³/mol. The number of hydrogen-bond acceptors (Lipinski definition) is 3. The fourth-order valence-corrected chi connectivity index (χ4v) is 2.43. The van der Waals surface area contributed by atoms with Crippen LogP contribution in [-0.4, -0.2) is 24.0 Å². The highest BCUT2D eigenvalue weighted by molar-refractivity contribution is 5.87. The quantitative estimate of drug-likeness (QED) is 0.673. The molecule has 112 valence electrons. The Bertz CT molecular complexity index is 788. The summed E-state index contributed by atoms with van der Waals surface area (Å²) in [7, 11) is 3.30. The molecule has 0 atom stereocenters. The van der Waals surface area contributed by atoms with Gasteiger partial charge in [-0.15, -0.1) is 0 Å². The van der Waals surface area contributed by atoms with E-state index in [4.69, 9.17) is 9.47 Å². The van der Waals surface area contributed by atoms with E-state index in [1.54, 1.807) is 20.5 Å². The standard InChI is InChI=1S/C18H18N2O2/c1-21-12-11-17-16-5-3-4-6-18(16)20(19-17)13-14-7-9-15(22-2)10-8-14/h3-12H,13H2,1-2H3. The van der Waals surface area contributed by atoms with E-state index in [0.29, 0.717) is 6.54 Å². The van der Waals surface area contributed by atoms with Crippen molar-refractivity contribution >= 4 is 17.0 Å². The van der Waals surface area contributed by atoms with Crippen LogP contribution in [0.15, 0.2) is 54.8 Å². The van der Waals surface area contributed by atoms with E-state index in [2.05, 4.69) is 29.4 Å². The Balaban J connectivity index is 1.97. The zero-order chi connectivity index (χ0) is 15.4. The van der Waals surface area contributed by atoms with Crippen molar-refractivity contribution in [3.8, 4) is 5.75 Å². The average molecular weight is 294 g/mol. The van der Waals surface area contributed by atoms with Gasteiger partial charge in [0.25, 0.3) is 0 Å². The highest BCUT2D eigenvalue weighted by Crippen LogP contribution is 2.21. The second kappa shape index (κ2) is 6.35. The lowest BCUT2D eigenvalue weighted by atomic mass is 10.2. The Kier molecular flexibility index (Phi) is 4.10. The lowest BCUT2D eigenvalue weighted by Gasteiger charge is -2.05. The highest BCUT2D eigenvalue weighted by atomic mass is 16.5. The molecule has 0 saturated heterocycles. The molecule has 0 spiro atoms. The minimum Gasteiger partial charge on any atom is -0.504 e. The number of fused-ring (bicyclic) bond motifs is 1. The maximum absolute atomic E-state index is 5.19. The third-order valence-electron chi connectivity index (χ3n) is 3.54. The largest absolute Gasteiger partial charge is 0.504 e. The Labute approximate surface area is 129 Å². The van der Waals surface area contributed by atoms with Gasteiger partial charge in [0.15, 0.2) is 0 Å². The SMILES string of the molecule is COC=Cc1nn(Cc2ccc(OC)cc2)c2ccccc12. The molecule has 0 aliphatic rings. The van der Waals surface area contributed by atoms with Gasteiger partial charge in [0, 0.05) is 11.5 Å². The molecule has 0 amide bonds. The molecule has 0 saturated carbocycles. The Morgan fingerprint density at radius 1 is 1.05 bits per heavy atom. The highest BCUT2D eigenvalue weighted by Gasteiger charge is 2.08. The molecule has 3 aromatic rings. The van der Waals surface area contributed by atoms with Crippen molar-refractivity contribution in [1.29, 1.82) is 0 Å². The first-order valence-corrected chi connectivity index (χ1v) is 7.09. The molecule has 1 aromatic heterocycles. The first-order valence-electron chi connectivity index (χ1n) is 7.09. The van der Waals surface area contributed by atoms with Crippen LogP contribution in [-0.2, 0) is 11.3 Å². The zero-order valence-corrected chi connectivity index (χ0v) is 12.7. The van der Waals surface area contributed by atoms with Crippen molar-refractivity contribution in [1.82, 2.24) is 9.78 Å². The Morgan fingerprint density at radius 3 is 2.55 bits per heavy atom. The zero-order valence-electron chi connectivity index (χ0n) is 12.7. The molecule has 2 aromatic carbocycles. The molecule has 0 N–H and O–H groups in total. The molecule has 4 nitrogen and oxygen atoms in total. The molecule has 4 heteroatoms. The lowest BCUT2D eigenvalue weighted by molar-refractivity contribution is 0.341. The summed E-state index contributed by atoms with van der Waals surface area (Å²) in [5, 5.41) is 5.80. The van der Waals surface area contributed by atoms with E-state index in [0.717, 1.165) is 22.3 Å². The van der Waals surface area contributed by atoms with E-state index in [1.807, 2.05) is 35.0 Å². The molecular formula is C18H18N2O2. The minimum atomic E-state index is 0.714. The van der Waals surface area contributed by atoms with Crippen LogP contribution in [0, 0.1) is 0 Å². The summed E-state index contributed by atoms with van der Waals surface area (Å²) >= 11 is 0. The number of hydrogen-bond donors (Lipinski definition) is 0. The van der Waals surface area contributed by atoms with E-state index in [9.17, 15) is 0 Å². The lowest BCUT2D eigenvalue weighted by Crippen LogP contribution is -2.01. The third-order valence-corrected chi connectivity index (χ3v) is 3.54. The van der Waals surface area contributed by atoms with Crippen LogP contribution in [0.2, 0.25) is 0 Å². The van der Waals surface area contributed by atoms with Gasteiger partial charge in [0.1, 0.15) is 5.75 Å². The Morgan fingerprint density at radius 2 is 1.82 bits per heavy atom. The second-order valence-corrected chi connectivity index (χ2v) is 4.95. The average Bonchev–Trinajstić information content (AvgIpc) is 2.92. The van der Waals surface area contributed by atoms with Crippen LogP contribution in [0.4, 0.5) is 0 Å². The number of nitrogens with zero attached hydrogens (tertiary/aromatic N) is 2. The van der Waals surface area contributed by atoms with Crippen LogP contribution in [0.1, 0.15) is 11.3 Å². The van der Waals surface area contributed by atoms with Gasteiger partial charge in [-0.3, -0.25) is 4.68 Å². The first kappa shape index (κ1) is 14.2. The molecule has 0 aliphatic carbocycles. The Hall–Kier alpha value is -2.75. The van der Waals surface area contributed by atoms with Crippen LogP contribution in [0.5, 0.6) is 5.75 Å². The molecule has 0 bridgehead atoms. The van der Waals surface area contributed by atoms with Crippen molar-refractivity contribution in [2.45, 2.75) is 6.54 Å². The van der Waals surface area contributed by atoms with Gasteiger partial charge in [-0.1, -0.05) is 30.3 Å². The third kappa shape index (κ3) is 2.81. The minimum absolute atomic E-state index is 0.714.